The van der Waals surface area contributed by atoms with Crippen molar-refractivity contribution in [2.75, 3.05) is 0 Å². The zero-order chi connectivity index (χ0) is 17.2. The second-order valence-corrected chi connectivity index (χ2v) is 8.05. The zero-order valence-electron chi connectivity index (χ0n) is 13.4. The molecule has 24 heavy (non-hydrogen) atoms. The van der Waals surface area contributed by atoms with Gasteiger partial charge in [0.25, 0.3) is 0 Å². The van der Waals surface area contributed by atoms with Crippen LogP contribution in [0.5, 0.6) is 0 Å². The molecule has 3 aliphatic rings. The number of carbonyl (C=O) groups is 2. The van der Waals surface area contributed by atoms with Crippen molar-refractivity contribution in [1.82, 2.24) is 14.5 Å². The lowest BCUT2D eigenvalue weighted by Gasteiger charge is -2.46. The van der Waals surface area contributed by atoms with E-state index >= 15 is 0 Å². The van der Waals surface area contributed by atoms with E-state index in [1.807, 2.05) is 13.1 Å². The first-order valence-electron chi connectivity index (χ1n) is 8.05. The minimum Gasteiger partial charge on any atom is -0.477 e. The van der Waals surface area contributed by atoms with Crippen LogP contribution in [-0.2, 0) is 22.6 Å². The van der Waals surface area contributed by atoms with Crippen LogP contribution >= 0.6 is 11.8 Å². The van der Waals surface area contributed by atoms with Crippen molar-refractivity contribution in [3.05, 3.63) is 28.8 Å². The first-order valence-corrected chi connectivity index (χ1v) is 8.93. The van der Waals surface area contributed by atoms with Crippen LogP contribution < -0.4 is 0 Å². The summed E-state index contributed by atoms with van der Waals surface area (Å²) in [5, 5.41) is 19.7. The molecule has 0 radical (unpaired) electrons. The summed E-state index contributed by atoms with van der Waals surface area (Å²) in [5.41, 5.74) is 0.101. The quantitative estimate of drug-likeness (QED) is 0.777. The number of nitrogens with zero attached hydrogens (tertiary/aromatic N) is 3. The van der Waals surface area contributed by atoms with E-state index in [0.29, 0.717) is 0 Å². The summed E-state index contributed by atoms with van der Waals surface area (Å²) < 4.78 is 2.08. The van der Waals surface area contributed by atoms with Gasteiger partial charge in [-0.2, -0.15) is 0 Å². The van der Waals surface area contributed by atoms with Crippen molar-refractivity contribution in [2.24, 2.45) is 11.8 Å². The van der Waals surface area contributed by atoms with Crippen molar-refractivity contribution in [2.45, 2.75) is 44.2 Å². The Bertz CT molecular complexity index is 736. The van der Waals surface area contributed by atoms with Crippen LogP contribution in [0.25, 0.3) is 0 Å². The van der Waals surface area contributed by atoms with Crippen LogP contribution in [-0.4, -0.2) is 53.9 Å². The van der Waals surface area contributed by atoms with E-state index in [0.717, 1.165) is 23.7 Å². The smallest absolute Gasteiger partial charge is 0.353 e. The number of β-lactam (4-membered cyclic amide) rings is 1. The number of aliphatic hydroxyl groups is 1. The third-order valence-electron chi connectivity index (χ3n) is 5.22. The van der Waals surface area contributed by atoms with E-state index < -0.39 is 18.0 Å². The fourth-order valence-corrected chi connectivity index (χ4v) is 5.60. The summed E-state index contributed by atoms with van der Waals surface area (Å²) in [6.07, 6.45) is 3.73. The molecular formula is C16H19N3O4S. The molecule has 1 fully saturated rings. The number of fused-ring (bicyclic) bond motifs is 2. The molecule has 128 valence electrons. The van der Waals surface area contributed by atoms with Gasteiger partial charge in [0, 0.05) is 41.4 Å². The molecule has 0 spiro atoms. The van der Waals surface area contributed by atoms with E-state index in [4.69, 9.17) is 0 Å². The fourth-order valence-electron chi connectivity index (χ4n) is 4.12. The number of aliphatic carboxylic acids is 1. The number of carboxylic acids is 1. The molecule has 2 N–H and O–H groups in total. The maximum absolute atomic E-state index is 12.3. The monoisotopic (exact) mass is 349 g/mol. The first-order chi connectivity index (χ1) is 11.4. The van der Waals surface area contributed by atoms with Gasteiger partial charge in [0.15, 0.2) is 0 Å². The highest BCUT2D eigenvalue weighted by atomic mass is 32.2. The number of imidazole rings is 1. The highest BCUT2D eigenvalue weighted by molar-refractivity contribution is 8.03. The Hall–Kier alpha value is -1.80. The Labute approximate surface area is 143 Å². The van der Waals surface area contributed by atoms with E-state index in [9.17, 15) is 19.8 Å². The number of hydrogen-bond acceptors (Lipinski definition) is 5. The average molecular weight is 349 g/mol. The van der Waals surface area contributed by atoms with Crippen LogP contribution in [0.1, 0.15) is 19.7 Å². The highest BCUT2D eigenvalue weighted by Crippen LogP contribution is 2.51. The normalized spacial score (nSPS) is 32.6. The molecule has 0 saturated carbocycles. The number of rotatable bonds is 4. The predicted molar refractivity (Wildman–Crippen MR) is 86.9 cm³/mol. The Balaban J connectivity index is 1.61. The fraction of sp³-hybridized carbons (Fsp3) is 0.562. The number of aromatic nitrogens is 2. The Kier molecular flexibility index (Phi) is 3.50. The van der Waals surface area contributed by atoms with Gasteiger partial charge in [-0.15, -0.1) is 11.8 Å². The maximum atomic E-state index is 12.3. The molecule has 8 heteroatoms. The topological polar surface area (TPSA) is 95.7 Å². The highest BCUT2D eigenvalue weighted by Gasteiger charge is 2.60. The largest absolute Gasteiger partial charge is 0.477 e. The summed E-state index contributed by atoms with van der Waals surface area (Å²) in [5.74, 6) is -0.927. The summed E-state index contributed by atoms with van der Waals surface area (Å²) in [4.78, 5) is 30.5. The lowest BCUT2D eigenvalue weighted by Crippen LogP contribution is -2.63. The molecule has 1 aromatic rings. The van der Waals surface area contributed by atoms with Gasteiger partial charge in [0.1, 0.15) is 11.5 Å². The van der Waals surface area contributed by atoms with Crippen molar-refractivity contribution in [1.29, 1.82) is 0 Å². The van der Waals surface area contributed by atoms with E-state index in [-0.39, 0.29) is 28.8 Å². The molecule has 1 aromatic heterocycles. The van der Waals surface area contributed by atoms with E-state index in [1.165, 1.54) is 4.90 Å². The minimum absolute atomic E-state index is 0.0775. The second kappa shape index (κ2) is 5.35. The molecule has 5 atom stereocenters. The van der Waals surface area contributed by atoms with E-state index in [1.54, 1.807) is 24.9 Å². The Morgan fingerprint density at radius 1 is 1.50 bits per heavy atom. The Morgan fingerprint density at radius 2 is 2.25 bits per heavy atom. The maximum Gasteiger partial charge on any atom is 0.353 e. The van der Waals surface area contributed by atoms with Crippen LogP contribution in [0.3, 0.4) is 0 Å². The summed E-state index contributed by atoms with van der Waals surface area (Å²) in [6, 6.07) is -0.246. The molecule has 4 rings (SSSR count). The van der Waals surface area contributed by atoms with Crippen LogP contribution in [0.4, 0.5) is 0 Å². The first kappa shape index (κ1) is 15.7. The number of aliphatic hydroxyl groups excluding tert-OH is 1. The Morgan fingerprint density at radius 3 is 2.88 bits per heavy atom. The van der Waals surface area contributed by atoms with Gasteiger partial charge >= 0.3 is 5.97 Å². The summed E-state index contributed by atoms with van der Waals surface area (Å²) >= 11 is 1.55. The minimum atomic E-state index is -1.07. The van der Waals surface area contributed by atoms with E-state index in [2.05, 4.69) is 9.55 Å². The molecule has 0 unspecified atom stereocenters. The lowest BCUT2D eigenvalue weighted by molar-refractivity contribution is -0.163. The van der Waals surface area contributed by atoms with Crippen molar-refractivity contribution in [3.8, 4) is 0 Å². The molecule has 3 aliphatic heterocycles. The predicted octanol–water partition coefficient (Wildman–Crippen LogP) is 0.695. The summed E-state index contributed by atoms with van der Waals surface area (Å²) in [6.45, 7) is 4.33. The van der Waals surface area contributed by atoms with Gasteiger partial charge in [0.2, 0.25) is 5.91 Å². The van der Waals surface area contributed by atoms with Gasteiger partial charge in [0.05, 0.1) is 18.1 Å². The molecule has 0 bridgehead atoms. The molecule has 7 nitrogen and oxygen atoms in total. The SMILES string of the molecule is C[C@@H](O)[C@H]1C(=O)N2C(C(=O)O)=C(S[C@H]3Cc4nccn4C3)[C@H](C)[C@@H]12. The average Bonchev–Trinajstić information content (AvgIpc) is 3.12. The summed E-state index contributed by atoms with van der Waals surface area (Å²) in [7, 11) is 0. The number of thioether (sulfide) groups is 1. The molecular weight excluding hydrogens is 330 g/mol. The van der Waals surface area contributed by atoms with Gasteiger partial charge in [-0.3, -0.25) is 4.79 Å². The molecule has 0 aliphatic carbocycles. The van der Waals surface area contributed by atoms with Crippen molar-refractivity contribution in [3.63, 3.8) is 0 Å². The van der Waals surface area contributed by atoms with Gasteiger partial charge < -0.3 is 19.7 Å². The molecule has 4 heterocycles. The number of carbonyl (C=O) groups excluding carboxylic acids is 1. The van der Waals surface area contributed by atoms with Gasteiger partial charge in [-0.1, -0.05) is 6.92 Å². The van der Waals surface area contributed by atoms with Gasteiger partial charge in [-0.05, 0) is 6.92 Å². The van der Waals surface area contributed by atoms with Crippen molar-refractivity contribution >= 4 is 23.6 Å². The van der Waals surface area contributed by atoms with Gasteiger partial charge in [-0.25, -0.2) is 9.78 Å². The second-order valence-electron chi connectivity index (χ2n) is 6.71. The molecule has 1 amide bonds. The lowest BCUT2D eigenvalue weighted by atomic mass is 9.79. The molecule has 0 aromatic carbocycles. The standard InChI is InChI=1S/C16H19N3O4S/c1-7-12-11(8(2)20)15(21)19(12)13(16(22)23)14(7)24-9-5-10-17-3-4-18(10)6-9/h3-4,7-9,11-12,20H,5-6H2,1-2H3,(H,22,23)/t7-,8-,9+,11-,12+/m1/s1. The third-order valence-corrected chi connectivity index (χ3v) is 6.69. The van der Waals surface area contributed by atoms with Crippen LogP contribution in [0, 0.1) is 11.8 Å². The third kappa shape index (κ3) is 2.05. The number of amides is 1. The van der Waals surface area contributed by atoms with Crippen LogP contribution in [0.15, 0.2) is 23.0 Å². The number of carboxylic acid groups (broad SMARTS) is 1. The zero-order valence-corrected chi connectivity index (χ0v) is 14.2. The van der Waals surface area contributed by atoms with Crippen LogP contribution in [0.2, 0.25) is 0 Å². The number of hydrogen-bond donors (Lipinski definition) is 2. The molecule has 1 saturated heterocycles. The van der Waals surface area contributed by atoms with Crippen molar-refractivity contribution < 1.29 is 19.8 Å².